The van der Waals surface area contributed by atoms with Gasteiger partial charge in [0.15, 0.2) is 0 Å². The van der Waals surface area contributed by atoms with E-state index in [0.717, 1.165) is 5.69 Å². The topological polar surface area (TPSA) is 51.5 Å². The second-order valence-corrected chi connectivity index (χ2v) is 3.86. The molecule has 18 heavy (non-hydrogen) atoms. The van der Waals surface area contributed by atoms with Crippen LogP contribution < -0.4 is 0 Å². The Morgan fingerprint density at radius 3 is 2.61 bits per heavy atom. The first-order chi connectivity index (χ1) is 8.69. The summed E-state index contributed by atoms with van der Waals surface area (Å²) in [6.45, 7) is 2.57. The number of hydrogen-bond donors (Lipinski definition) is 1. The minimum Gasteiger partial charge on any atom is -0.507 e. The zero-order valence-corrected chi connectivity index (χ0v) is 10.4. The third-order valence-corrected chi connectivity index (χ3v) is 2.87. The number of carbonyl (C=O) groups is 1. The molecule has 1 aromatic carbocycles. The zero-order valence-electron chi connectivity index (χ0n) is 10.4. The number of aromatic nitrogens is 1. The molecule has 4 heteroatoms. The molecular formula is C14H15NO3. The number of aromatic hydroxyl groups is 1. The monoisotopic (exact) mass is 245 g/mol. The summed E-state index contributed by atoms with van der Waals surface area (Å²) in [6.07, 6.45) is 0. The molecule has 94 valence electrons. The maximum absolute atomic E-state index is 11.6. The maximum atomic E-state index is 11.6. The third-order valence-electron chi connectivity index (χ3n) is 2.87. The molecule has 0 aliphatic carbocycles. The molecule has 0 unspecified atom stereocenters. The summed E-state index contributed by atoms with van der Waals surface area (Å²) in [5, 5.41) is 9.86. The van der Waals surface area contributed by atoms with Crippen molar-refractivity contribution in [3.8, 4) is 17.0 Å². The Labute approximate surface area is 105 Å². The highest BCUT2D eigenvalue weighted by Crippen LogP contribution is 2.30. The lowest BCUT2D eigenvalue weighted by molar-refractivity contribution is 0.0589. The highest BCUT2D eigenvalue weighted by atomic mass is 16.5. The molecule has 0 amide bonds. The molecule has 0 spiro atoms. The van der Waals surface area contributed by atoms with E-state index in [2.05, 4.69) is 0 Å². The normalized spacial score (nSPS) is 10.3. The summed E-state index contributed by atoms with van der Waals surface area (Å²) in [5.74, 6) is -0.180. The predicted molar refractivity (Wildman–Crippen MR) is 68.5 cm³/mol. The Morgan fingerprint density at radius 1 is 1.28 bits per heavy atom. The van der Waals surface area contributed by atoms with Crippen LogP contribution in [0.15, 0.2) is 36.4 Å². The van der Waals surface area contributed by atoms with Gasteiger partial charge in [-0.1, -0.05) is 12.1 Å². The van der Waals surface area contributed by atoms with E-state index < -0.39 is 0 Å². The Morgan fingerprint density at radius 2 is 2.00 bits per heavy atom. The van der Waals surface area contributed by atoms with Gasteiger partial charge in [0.2, 0.25) is 0 Å². The number of phenolic OH excluding ortho intramolecular Hbond substituents is 1. The molecule has 2 aromatic rings. The fourth-order valence-electron chi connectivity index (χ4n) is 2.02. The van der Waals surface area contributed by atoms with E-state index in [4.69, 9.17) is 4.74 Å². The number of ether oxygens (including phenoxy) is 1. The molecule has 1 N–H and O–H groups in total. The summed E-state index contributed by atoms with van der Waals surface area (Å²) in [6, 6.07) is 10.6. The van der Waals surface area contributed by atoms with E-state index in [1.165, 1.54) is 7.11 Å². The lowest BCUT2D eigenvalue weighted by atomic mass is 10.1. The molecule has 1 heterocycles. The van der Waals surface area contributed by atoms with Gasteiger partial charge >= 0.3 is 5.97 Å². The second-order valence-electron chi connectivity index (χ2n) is 3.86. The number of methoxy groups -OCH3 is 1. The van der Waals surface area contributed by atoms with Gasteiger partial charge in [-0.2, -0.15) is 0 Å². The van der Waals surface area contributed by atoms with Gasteiger partial charge in [-0.15, -0.1) is 0 Å². The number of para-hydroxylation sites is 1. The third kappa shape index (κ3) is 1.97. The van der Waals surface area contributed by atoms with Gasteiger partial charge < -0.3 is 14.4 Å². The molecule has 0 aliphatic rings. The zero-order chi connectivity index (χ0) is 13.1. The highest BCUT2D eigenvalue weighted by molar-refractivity contribution is 5.89. The number of carbonyl (C=O) groups excluding carboxylic acids is 1. The van der Waals surface area contributed by atoms with Gasteiger partial charge in [0.25, 0.3) is 0 Å². The van der Waals surface area contributed by atoms with Crippen LogP contribution >= 0.6 is 0 Å². The lowest BCUT2D eigenvalue weighted by Gasteiger charge is -2.11. The molecule has 0 saturated heterocycles. The minimum atomic E-state index is -0.376. The van der Waals surface area contributed by atoms with Crippen molar-refractivity contribution in [2.75, 3.05) is 7.11 Å². The number of nitrogens with zero attached hydrogens (tertiary/aromatic N) is 1. The molecule has 2 rings (SSSR count). The largest absolute Gasteiger partial charge is 0.507 e. The van der Waals surface area contributed by atoms with Crippen LogP contribution in [0.25, 0.3) is 11.3 Å². The maximum Gasteiger partial charge on any atom is 0.354 e. The van der Waals surface area contributed by atoms with Crippen LogP contribution in [-0.4, -0.2) is 22.8 Å². The van der Waals surface area contributed by atoms with Crippen molar-refractivity contribution < 1.29 is 14.6 Å². The second kappa shape index (κ2) is 4.96. The Balaban J connectivity index is 2.56. The highest BCUT2D eigenvalue weighted by Gasteiger charge is 2.16. The van der Waals surface area contributed by atoms with Gasteiger partial charge in [0.05, 0.1) is 12.8 Å². The minimum absolute atomic E-state index is 0.196. The Kier molecular flexibility index (Phi) is 3.37. The van der Waals surface area contributed by atoms with Gasteiger partial charge in [0, 0.05) is 12.1 Å². The fourth-order valence-corrected chi connectivity index (χ4v) is 2.02. The molecule has 1 aromatic heterocycles. The molecule has 0 radical (unpaired) electrons. The van der Waals surface area contributed by atoms with Crippen molar-refractivity contribution >= 4 is 5.97 Å². The molecule has 4 nitrogen and oxygen atoms in total. The standard InChI is InChI=1S/C14H15NO3/c1-3-15-11(8-9-12(15)14(17)18-2)10-6-4-5-7-13(10)16/h4-9,16H,3H2,1-2H3. The van der Waals surface area contributed by atoms with Crippen LogP contribution in [0, 0.1) is 0 Å². The first-order valence-corrected chi connectivity index (χ1v) is 5.75. The summed E-state index contributed by atoms with van der Waals surface area (Å²) >= 11 is 0. The molecule has 0 fully saturated rings. The van der Waals surface area contributed by atoms with Crippen LogP contribution in [0.2, 0.25) is 0 Å². The first kappa shape index (κ1) is 12.2. The van der Waals surface area contributed by atoms with Gasteiger partial charge in [-0.05, 0) is 31.2 Å². The van der Waals surface area contributed by atoms with E-state index in [-0.39, 0.29) is 11.7 Å². The van der Waals surface area contributed by atoms with Crippen LogP contribution in [0.3, 0.4) is 0 Å². The van der Waals surface area contributed by atoms with Gasteiger partial charge in [0.1, 0.15) is 11.4 Å². The lowest BCUT2D eigenvalue weighted by Crippen LogP contribution is -2.10. The summed E-state index contributed by atoms with van der Waals surface area (Å²) in [4.78, 5) is 11.6. The SMILES string of the molecule is CCn1c(C(=O)OC)ccc1-c1ccccc1O. The van der Waals surface area contributed by atoms with Crippen molar-refractivity contribution in [1.29, 1.82) is 0 Å². The fraction of sp³-hybridized carbons (Fsp3) is 0.214. The molecule has 0 atom stereocenters. The van der Waals surface area contributed by atoms with Crippen LogP contribution in [0.1, 0.15) is 17.4 Å². The van der Waals surface area contributed by atoms with Crippen LogP contribution in [-0.2, 0) is 11.3 Å². The van der Waals surface area contributed by atoms with E-state index in [9.17, 15) is 9.90 Å². The summed E-state index contributed by atoms with van der Waals surface area (Å²) < 4.78 is 6.56. The average molecular weight is 245 g/mol. The first-order valence-electron chi connectivity index (χ1n) is 5.75. The molecule has 0 bridgehead atoms. The average Bonchev–Trinajstić information content (AvgIpc) is 2.81. The number of phenols is 1. The van der Waals surface area contributed by atoms with Crippen LogP contribution in [0.5, 0.6) is 5.75 Å². The van der Waals surface area contributed by atoms with Crippen molar-refractivity contribution in [3.63, 3.8) is 0 Å². The number of rotatable bonds is 3. The summed E-state index contributed by atoms with van der Waals surface area (Å²) in [7, 11) is 1.36. The van der Waals surface area contributed by atoms with Crippen molar-refractivity contribution in [2.45, 2.75) is 13.5 Å². The molecular weight excluding hydrogens is 230 g/mol. The molecule has 0 saturated carbocycles. The van der Waals surface area contributed by atoms with Crippen molar-refractivity contribution in [3.05, 3.63) is 42.1 Å². The van der Waals surface area contributed by atoms with Gasteiger partial charge in [-0.25, -0.2) is 4.79 Å². The predicted octanol–water partition coefficient (Wildman–Crippen LogP) is 2.67. The van der Waals surface area contributed by atoms with E-state index in [1.807, 2.05) is 29.7 Å². The quantitative estimate of drug-likeness (QED) is 0.846. The Hall–Kier alpha value is -2.23. The number of esters is 1. The number of hydrogen-bond acceptors (Lipinski definition) is 3. The summed E-state index contributed by atoms with van der Waals surface area (Å²) in [5.41, 5.74) is 1.99. The van der Waals surface area contributed by atoms with E-state index >= 15 is 0 Å². The molecule has 0 aliphatic heterocycles. The van der Waals surface area contributed by atoms with E-state index in [1.54, 1.807) is 18.2 Å². The van der Waals surface area contributed by atoms with Crippen molar-refractivity contribution in [2.24, 2.45) is 0 Å². The van der Waals surface area contributed by atoms with E-state index in [0.29, 0.717) is 17.8 Å². The smallest absolute Gasteiger partial charge is 0.354 e. The van der Waals surface area contributed by atoms with Crippen molar-refractivity contribution in [1.82, 2.24) is 4.57 Å². The van der Waals surface area contributed by atoms with Crippen LogP contribution in [0.4, 0.5) is 0 Å². The van der Waals surface area contributed by atoms with Gasteiger partial charge in [-0.3, -0.25) is 0 Å². The number of benzene rings is 1. The Bertz CT molecular complexity index is 572.